The molecule has 0 unspecified atom stereocenters. The summed E-state index contributed by atoms with van der Waals surface area (Å²) >= 11 is 0. The molecule has 0 aliphatic carbocycles. The summed E-state index contributed by atoms with van der Waals surface area (Å²) in [4.78, 5) is 0. The maximum Gasteiger partial charge on any atom is 0.0314 e. The minimum atomic E-state index is 0.768. The van der Waals surface area contributed by atoms with Crippen molar-refractivity contribution in [3.05, 3.63) is 65.2 Å². The molecule has 0 aliphatic heterocycles. The first kappa shape index (κ1) is 12.3. The fraction of sp³-hybridized carbons (Fsp3) is 0.176. The van der Waals surface area contributed by atoms with Gasteiger partial charge in [-0.05, 0) is 48.4 Å². The number of aryl methyl sites for hydroxylation is 1. The Morgan fingerprint density at radius 2 is 1.33 bits per heavy atom. The fourth-order valence-electron chi connectivity index (χ4n) is 1.75. The highest BCUT2D eigenvalue weighted by Gasteiger charge is 1.91. The largest absolute Gasteiger partial charge is 0.399 e. The highest BCUT2D eigenvalue weighted by atomic mass is 14.5. The van der Waals surface area contributed by atoms with Gasteiger partial charge in [-0.2, -0.15) is 0 Å². The molecule has 18 heavy (non-hydrogen) atoms. The van der Waals surface area contributed by atoms with Crippen LogP contribution in [0.15, 0.2) is 48.5 Å². The fourth-order valence-corrected chi connectivity index (χ4v) is 1.75. The Labute approximate surface area is 109 Å². The second-order valence-corrected chi connectivity index (χ2v) is 4.32. The molecule has 1 nitrogen and oxygen atoms in total. The molecule has 2 N–H and O–H groups in total. The van der Waals surface area contributed by atoms with Gasteiger partial charge in [-0.1, -0.05) is 37.3 Å². The molecule has 0 aliphatic rings. The number of benzene rings is 2. The Balaban J connectivity index is 2.12. The molecule has 0 bridgehead atoms. The summed E-state index contributed by atoms with van der Waals surface area (Å²) < 4.78 is 0. The van der Waals surface area contributed by atoms with E-state index >= 15 is 0 Å². The molecule has 0 fully saturated rings. The van der Waals surface area contributed by atoms with Gasteiger partial charge in [-0.25, -0.2) is 0 Å². The van der Waals surface area contributed by atoms with E-state index in [1.54, 1.807) is 0 Å². The van der Waals surface area contributed by atoms with E-state index in [1.807, 2.05) is 24.3 Å². The summed E-state index contributed by atoms with van der Waals surface area (Å²) in [6.07, 6.45) is 2.31. The number of hydrogen-bond donors (Lipinski definition) is 1. The zero-order valence-electron chi connectivity index (χ0n) is 10.6. The minimum absolute atomic E-state index is 0.768. The van der Waals surface area contributed by atoms with Crippen molar-refractivity contribution in [1.82, 2.24) is 0 Å². The minimum Gasteiger partial charge on any atom is -0.399 e. The molecular formula is C17H17N. The van der Waals surface area contributed by atoms with Crippen LogP contribution in [0.2, 0.25) is 0 Å². The van der Waals surface area contributed by atoms with Crippen molar-refractivity contribution >= 4 is 5.69 Å². The maximum atomic E-state index is 5.63. The van der Waals surface area contributed by atoms with Crippen molar-refractivity contribution in [3.8, 4) is 11.8 Å². The van der Waals surface area contributed by atoms with Gasteiger partial charge in [0.15, 0.2) is 0 Å². The highest BCUT2D eigenvalue weighted by Crippen LogP contribution is 2.07. The van der Waals surface area contributed by atoms with Gasteiger partial charge in [0, 0.05) is 16.8 Å². The number of hydrogen-bond acceptors (Lipinski definition) is 1. The Morgan fingerprint density at radius 1 is 0.833 bits per heavy atom. The summed E-state index contributed by atoms with van der Waals surface area (Å²) in [5.41, 5.74) is 9.81. The van der Waals surface area contributed by atoms with Gasteiger partial charge in [0.05, 0.1) is 0 Å². The molecule has 0 saturated heterocycles. The summed E-state index contributed by atoms with van der Waals surface area (Å²) in [6.45, 7) is 2.19. The summed E-state index contributed by atoms with van der Waals surface area (Å²) in [5, 5.41) is 0. The van der Waals surface area contributed by atoms with Crippen LogP contribution < -0.4 is 5.73 Å². The lowest BCUT2D eigenvalue weighted by Crippen LogP contribution is -1.84. The first-order valence-corrected chi connectivity index (χ1v) is 6.24. The summed E-state index contributed by atoms with van der Waals surface area (Å²) in [5.74, 6) is 6.29. The van der Waals surface area contributed by atoms with Gasteiger partial charge < -0.3 is 5.73 Å². The third-order valence-electron chi connectivity index (χ3n) is 2.75. The number of nitrogen functional groups attached to an aromatic ring is 1. The molecule has 2 aromatic carbocycles. The van der Waals surface area contributed by atoms with E-state index in [9.17, 15) is 0 Å². The van der Waals surface area contributed by atoms with Crippen molar-refractivity contribution in [2.75, 3.05) is 5.73 Å². The molecule has 0 radical (unpaired) electrons. The van der Waals surface area contributed by atoms with Gasteiger partial charge >= 0.3 is 0 Å². The molecule has 0 atom stereocenters. The van der Waals surface area contributed by atoms with Crippen LogP contribution in [-0.4, -0.2) is 0 Å². The van der Waals surface area contributed by atoms with E-state index < -0.39 is 0 Å². The van der Waals surface area contributed by atoms with Crippen molar-refractivity contribution in [1.29, 1.82) is 0 Å². The Kier molecular flexibility index (Phi) is 4.04. The average Bonchev–Trinajstić information content (AvgIpc) is 2.40. The van der Waals surface area contributed by atoms with Gasteiger partial charge in [-0.15, -0.1) is 0 Å². The second kappa shape index (κ2) is 5.93. The maximum absolute atomic E-state index is 5.63. The molecule has 2 aromatic rings. The molecule has 0 heterocycles. The first-order valence-electron chi connectivity index (χ1n) is 6.24. The van der Waals surface area contributed by atoms with Crippen molar-refractivity contribution in [3.63, 3.8) is 0 Å². The summed E-state index contributed by atoms with van der Waals surface area (Å²) in [6, 6.07) is 16.1. The third-order valence-corrected chi connectivity index (χ3v) is 2.75. The lowest BCUT2D eigenvalue weighted by molar-refractivity contribution is 0.922. The Hall–Kier alpha value is -2.20. The number of rotatable bonds is 2. The standard InChI is InChI=1S/C17H17N/c1-2-3-14-4-6-15(7-5-14)8-9-16-10-12-17(18)13-11-16/h4-7,10-13H,2-3,18H2,1H3. The topological polar surface area (TPSA) is 26.0 Å². The molecule has 0 spiro atoms. The summed E-state index contributed by atoms with van der Waals surface area (Å²) in [7, 11) is 0. The van der Waals surface area contributed by atoms with E-state index in [-0.39, 0.29) is 0 Å². The lowest BCUT2D eigenvalue weighted by atomic mass is 10.1. The predicted octanol–water partition coefficient (Wildman–Crippen LogP) is 3.62. The first-order chi connectivity index (χ1) is 8.78. The van der Waals surface area contributed by atoms with Crippen LogP contribution in [0.25, 0.3) is 0 Å². The Morgan fingerprint density at radius 3 is 1.83 bits per heavy atom. The SMILES string of the molecule is CCCc1ccc(C#Cc2ccc(N)cc2)cc1. The smallest absolute Gasteiger partial charge is 0.0314 e. The third kappa shape index (κ3) is 3.40. The zero-order valence-corrected chi connectivity index (χ0v) is 10.6. The van der Waals surface area contributed by atoms with Crippen LogP contribution in [0.4, 0.5) is 5.69 Å². The number of anilines is 1. The molecule has 1 heteroatoms. The van der Waals surface area contributed by atoms with E-state index in [1.165, 1.54) is 12.0 Å². The second-order valence-electron chi connectivity index (χ2n) is 4.32. The molecule has 0 amide bonds. The lowest BCUT2D eigenvalue weighted by Gasteiger charge is -1.97. The zero-order chi connectivity index (χ0) is 12.8. The predicted molar refractivity (Wildman–Crippen MR) is 77.3 cm³/mol. The normalized spacial score (nSPS) is 9.61. The van der Waals surface area contributed by atoms with Crippen molar-refractivity contribution in [2.45, 2.75) is 19.8 Å². The van der Waals surface area contributed by atoms with E-state index in [2.05, 4.69) is 43.0 Å². The van der Waals surface area contributed by atoms with Crippen LogP contribution in [0.1, 0.15) is 30.0 Å². The molecule has 90 valence electrons. The van der Waals surface area contributed by atoms with Crippen LogP contribution in [0, 0.1) is 11.8 Å². The van der Waals surface area contributed by atoms with E-state index in [0.717, 1.165) is 23.2 Å². The highest BCUT2D eigenvalue weighted by molar-refractivity contribution is 5.47. The van der Waals surface area contributed by atoms with Crippen molar-refractivity contribution in [2.24, 2.45) is 0 Å². The van der Waals surface area contributed by atoms with Gasteiger partial charge in [-0.3, -0.25) is 0 Å². The number of nitrogens with two attached hydrogens (primary N) is 1. The van der Waals surface area contributed by atoms with E-state index in [0.29, 0.717) is 0 Å². The van der Waals surface area contributed by atoms with Crippen LogP contribution in [-0.2, 0) is 6.42 Å². The van der Waals surface area contributed by atoms with Gasteiger partial charge in [0.1, 0.15) is 0 Å². The van der Waals surface area contributed by atoms with E-state index in [4.69, 9.17) is 5.73 Å². The average molecular weight is 235 g/mol. The molecule has 2 rings (SSSR count). The van der Waals surface area contributed by atoms with Gasteiger partial charge in [0.25, 0.3) is 0 Å². The van der Waals surface area contributed by atoms with Crippen LogP contribution in [0.3, 0.4) is 0 Å². The van der Waals surface area contributed by atoms with Crippen molar-refractivity contribution < 1.29 is 0 Å². The van der Waals surface area contributed by atoms with Crippen LogP contribution in [0.5, 0.6) is 0 Å². The molecule has 0 saturated carbocycles. The Bertz CT molecular complexity index is 553. The molecular weight excluding hydrogens is 218 g/mol. The van der Waals surface area contributed by atoms with Gasteiger partial charge in [0.2, 0.25) is 0 Å². The quantitative estimate of drug-likeness (QED) is 0.624. The molecule has 0 aromatic heterocycles. The van der Waals surface area contributed by atoms with Crippen LogP contribution >= 0.6 is 0 Å². The monoisotopic (exact) mass is 235 g/mol.